The molecule has 0 aromatic rings. The Hall–Kier alpha value is -1.03. The van der Waals surface area contributed by atoms with Crippen LogP contribution in [0.5, 0.6) is 0 Å². The maximum Gasteiger partial charge on any atom is 0.335 e. The molecule has 4 nitrogen and oxygen atoms in total. The summed E-state index contributed by atoms with van der Waals surface area (Å²) >= 11 is 0. The van der Waals surface area contributed by atoms with Gasteiger partial charge in [-0.1, -0.05) is 0 Å². The lowest BCUT2D eigenvalue weighted by Gasteiger charge is -2.32. The van der Waals surface area contributed by atoms with E-state index in [2.05, 4.69) is 4.90 Å². The Morgan fingerprint density at radius 3 is 2.84 bits per heavy atom. The third-order valence-electron chi connectivity index (χ3n) is 4.04. The van der Waals surface area contributed by atoms with Gasteiger partial charge in [0, 0.05) is 19.4 Å². The van der Waals surface area contributed by atoms with Gasteiger partial charge in [0.25, 0.3) is 0 Å². The van der Waals surface area contributed by atoms with Crippen LogP contribution in [0.4, 0.5) is 0 Å². The molecule has 0 N–H and O–H groups in total. The number of allylic oxidation sites excluding steroid dienone is 1. The maximum atomic E-state index is 12.1. The molecule has 1 aliphatic heterocycles. The molecule has 0 bridgehead atoms. The first-order valence-corrected chi connectivity index (χ1v) is 7.42. The summed E-state index contributed by atoms with van der Waals surface area (Å²) in [5, 5.41) is 0. The fourth-order valence-corrected chi connectivity index (χ4v) is 3.20. The molecule has 19 heavy (non-hydrogen) atoms. The van der Waals surface area contributed by atoms with E-state index < -0.39 is 0 Å². The zero-order valence-electron chi connectivity index (χ0n) is 12.1. The van der Waals surface area contributed by atoms with Crippen molar-refractivity contribution in [3.63, 3.8) is 0 Å². The number of carbonyl (C=O) groups is 1. The molecular formula is C15H25NO3. The highest BCUT2D eigenvalue weighted by molar-refractivity contribution is 5.89. The first-order chi connectivity index (χ1) is 9.27. The Morgan fingerprint density at radius 1 is 1.32 bits per heavy atom. The molecule has 0 unspecified atom stereocenters. The number of hydrogen-bond acceptors (Lipinski definition) is 4. The summed E-state index contributed by atoms with van der Waals surface area (Å²) in [6.07, 6.45) is 6.49. The second-order valence-corrected chi connectivity index (χ2v) is 5.30. The highest BCUT2D eigenvalue weighted by atomic mass is 16.5. The van der Waals surface area contributed by atoms with Crippen molar-refractivity contribution in [3.8, 4) is 0 Å². The van der Waals surface area contributed by atoms with Crippen molar-refractivity contribution in [2.24, 2.45) is 0 Å². The predicted molar refractivity (Wildman–Crippen MR) is 73.7 cm³/mol. The molecule has 1 saturated heterocycles. The van der Waals surface area contributed by atoms with E-state index in [1.54, 1.807) is 7.11 Å². The van der Waals surface area contributed by atoms with Gasteiger partial charge in [0.1, 0.15) is 0 Å². The van der Waals surface area contributed by atoms with Crippen LogP contribution in [0.15, 0.2) is 11.3 Å². The second-order valence-electron chi connectivity index (χ2n) is 5.30. The lowest BCUT2D eigenvalue weighted by atomic mass is 9.95. The number of rotatable bonds is 5. The van der Waals surface area contributed by atoms with E-state index in [-0.39, 0.29) is 5.97 Å². The van der Waals surface area contributed by atoms with Crippen LogP contribution in [0.25, 0.3) is 0 Å². The van der Waals surface area contributed by atoms with Crippen LogP contribution in [-0.2, 0) is 14.3 Å². The molecule has 4 heteroatoms. The van der Waals surface area contributed by atoms with E-state index in [9.17, 15) is 4.79 Å². The van der Waals surface area contributed by atoms with Gasteiger partial charge in [0.15, 0.2) is 0 Å². The summed E-state index contributed by atoms with van der Waals surface area (Å²) in [5.41, 5.74) is 2.14. The minimum atomic E-state index is -0.111. The quantitative estimate of drug-likeness (QED) is 0.717. The van der Waals surface area contributed by atoms with Gasteiger partial charge in [0.2, 0.25) is 0 Å². The van der Waals surface area contributed by atoms with E-state index in [0.717, 1.165) is 44.4 Å². The van der Waals surface area contributed by atoms with Crippen molar-refractivity contribution in [2.75, 3.05) is 26.9 Å². The average molecular weight is 267 g/mol. The Balaban J connectivity index is 2.19. The highest BCUT2D eigenvalue weighted by Crippen LogP contribution is 2.33. The van der Waals surface area contributed by atoms with Gasteiger partial charge < -0.3 is 14.4 Å². The van der Waals surface area contributed by atoms with Gasteiger partial charge in [-0.3, -0.25) is 0 Å². The largest absolute Gasteiger partial charge is 0.463 e. The molecule has 0 aromatic carbocycles. The summed E-state index contributed by atoms with van der Waals surface area (Å²) in [6, 6.07) is 0.433. The van der Waals surface area contributed by atoms with Crippen molar-refractivity contribution in [1.29, 1.82) is 0 Å². The molecule has 0 spiro atoms. The maximum absolute atomic E-state index is 12.1. The Kier molecular flexibility index (Phi) is 5.25. The van der Waals surface area contributed by atoms with Crippen molar-refractivity contribution in [1.82, 2.24) is 4.90 Å². The van der Waals surface area contributed by atoms with E-state index >= 15 is 0 Å². The first-order valence-electron chi connectivity index (χ1n) is 7.42. The summed E-state index contributed by atoms with van der Waals surface area (Å²) in [6.45, 7) is 4.12. The summed E-state index contributed by atoms with van der Waals surface area (Å²) in [4.78, 5) is 14.5. The molecule has 0 amide bonds. The number of esters is 1. The molecule has 1 aliphatic carbocycles. The molecule has 1 fully saturated rings. The smallest absolute Gasteiger partial charge is 0.335 e. The summed E-state index contributed by atoms with van der Waals surface area (Å²) < 4.78 is 10.5. The third kappa shape index (κ3) is 3.30. The second kappa shape index (κ2) is 6.94. The van der Waals surface area contributed by atoms with E-state index in [0.29, 0.717) is 12.6 Å². The Bertz CT molecular complexity index is 351. The average Bonchev–Trinajstić information content (AvgIpc) is 2.87. The first kappa shape index (κ1) is 14.4. The number of nitrogens with zero attached hydrogens (tertiary/aromatic N) is 1. The molecule has 0 aromatic heterocycles. The van der Waals surface area contributed by atoms with Crippen molar-refractivity contribution < 1.29 is 14.3 Å². The van der Waals surface area contributed by atoms with Gasteiger partial charge >= 0.3 is 5.97 Å². The van der Waals surface area contributed by atoms with Crippen molar-refractivity contribution in [3.05, 3.63) is 11.3 Å². The molecule has 2 rings (SSSR count). The SMILES string of the molecule is CCOC(=O)C1=C(N2CCC[C@H]2COC)CCCC1. The zero-order valence-corrected chi connectivity index (χ0v) is 12.1. The molecule has 2 aliphatic rings. The number of likely N-dealkylation sites (tertiary alicyclic amines) is 1. The minimum absolute atomic E-state index is 0.111. The minimum Gasteiger partial charge on any atom is -0.463 e. The standard InChI is InChI=1S/C15H25NO3/c1-3-19-15(17)13-8-4-5-9-14(13)16-10-6-7-12(16)11-18-2/h12H,3-11H2,1-2H3/t12-/m0/s1. The number of carbonyl (C=O) groups excluding carboxylic acids is 1. The fraction of sp³-hybridized carbons (Fsp3) is 0.800. The summed E-state index contributed by atoms with van der Waals surface area (Å²) in [7, 11) is 1.75. The van der Waals surface area contributed by atoms with Crippen LogP contribution in [0, 0.1) is 0 Å². The molecule has 108 valence electrons. The lowest BCUT2D eigenvalue weighted by Crippen LogP contribution is -2.35. The topological polar surface area (TPSA) is 38.8 Å². The third-order valence-corrected chi connectivity index (χ3v) is 4.04. The fourth-order valence-electron chi connectivity index (χ4n) is 3.20. The van der Waals surface area contributed by atoms with Gasteiger partial charge in [-0.25, -0.2) is 4.79 Å². The molecule has 0 radical (unpaired) electrons. The normalized spacial score (nSPS) is 23.9. The van der Waals surface area contributed by atoms with Crippen molar-refractivity contribution in [2.45, 2.75) is 51.5 Å². The van der Waals surface area contributed by atoms with Crippen LogP contribution in [-0.4, -0.2) is 43.8 Å². The van der Waals surface area contributed by atoms with Crippen LogP contribution in [0.2, 0.25) is 0 Å². The van der Waals surface area contributed by atoms with Crippen LogP contribution in [0.3, 0.4) is 0 Å². The molecular weight excluding hydrogens is 242 g/mol. The van der Waals surface area contributed by atoms with Gasteiger partial charge in [-0.05, 0) is 45.4 Å². The lowest BCUT2D eigenvalue weighted by molar-refractivity contribution is -0.139. The number of ether oxygens (including phenoxy) is 2. The van der Waals surface area contributed by atoms with Crippen LogP contribution >= 0.6 is 0 Å². The van der Waals surface area contributed by atoms with Gasteiger partial charge in [0.05, 0.1) is 24.8 Å². The van der Waals surface area contributed by atoms with E-state index in [4.69, 9.17) is 9.47 Å². The zero-order chi connectivity index (χ0) is 13.7. The van der Waals surface area contributed by atoms with Gasteiger partial charge in [-0.2, -0.15) is 0 Å². The number of hydrogen-bond donors (Lipinski definition) is 0. The van der Waals surface area contributed by atoms with E-state index in [1.807, 2.05) is 6.92 Å². The molecule has 0 saturated carbocycles. The van der Waals surface area contributed by atoms with Crippen LogP contribution in [0.1, 0.15) is 45.4 Å². The molecule has 1 atom stereocenters. The number of methoxy groups -OCH3 is 1. The van der Waals surface area contributed by atoms with Crippen LogP contribution < -0.4 is 0 Å². The Morgan fingerprint density at radius 2 is 2.11 bits per heavy atom. The Labute approximate surface area is 115 Å². The molecule has 1 heterocycles. The van der Waals surface area contributed by atoms with E-state index in [1.165, 1.54) is 18.5 Å². The summed E-state index contributed by atoms with van der Waals surface area (Å²) in [5.74, 6) is -0.111. The van der Waals surface area contributed by atoms with Crippen molar-refractivity contribution >= 4 is 5.97 Å². The van der Waals surface area contributed by atoms with Gasteiger partial charge in [-0.15, -0.1) is 0 Å². The highest BCUT2D eigenvalue weighted by Gasteiger charge is 2.31. The monoisotopic (exact) mass is 267 g/mol. The predicted octanol–water partition coefficient (Wildman–Crippen LogP) is 2.49.